The predicted molar refractivity (Wildman–Crippen MR) is 99.6 cm³/mol. The number of amides is 1. The molecule has 0 spiro atoms. The third-order valence-corrected chi connectivity index (χ3v) is 3.98. The number of carbonyl (C=O) groups excluding carboxylic acids is 2. The van der Waals surface area contributed by atoms with E-state index in [1.54, 1.807) is 19.3 Å². The topological polar surface area (TPSA) is 124 Å². The molecule has 2 heterocycles. The number of rotatable bonds is 9. The summed E-state index contributed by atoms with van der Waals surface area (Å²) in [4.78, 5) is 26.9. The maximum atomic E-state index is 13.7. The zero-order valence-corrected chi connectivity index (χ0v) is 15.1. The molecule has 3 rings (SSSR count). The van der Waals surface area contributed by atoms with Crippen LogP contribution in [0, 0.1) is 5.82 Å². The fourth-order valence-electron chi connectivity index (χ4n) is 2.59. The molecule has 28 heavy (non-hydrogen) atoms. The van der Waals surface area contributed by atoms with E-state index in [1.165, 1.54) is 28.9 Å². The van der Waals surface area contributed by atoms with Gasteiger partial charge in [0.2, 0.25) is 0 Å². The second-order valence-electron chi connectivity index (χ2n) is 5.97. The SMILES string of the molecule is CNCC(Oc1ccc(F)cc1CNc1ccn2ncc(C=O)c2n1)C(N)=O. The number of fused-ring (bicyclic) bond motifs is 1. The van der Waals surface area contributed by atoms with Crippen LogP contribution in [-0.2, 0) is 11.3 Å². The van der Waals surface area contributed by atoms with Gasteiger partial charge in [-0.3, -0.25) is 9.59 Å². The molecular formula is C18H19FN6O3. The minimum absolute atomic E-state index is 0.172. The van der Waals surface area contributed by atoms with Gasteiger partial charge in [0.25, 0.3) is 5.91 Å². The van der Waals surface area contributed by atoms with Crippen LogP contribution in [0.5, 0.6) is 5.75 Å². The molecule has 0 saturated carbocycles. The number of aromatic nitrogens is 3. The summed E-state index contributed by atoms with van der Waals surface area (Å²) in [6.07, 6.45) is 2.84. The lowest BCUT2D eigenvalue weighted by Gasteiger charge is -2.18. The van der Waals surface area contributed by atoms with Gasteiger partial charge in [-0.2, -0.15) is 5.10 Å². The van der Waals surface area contributed by atoms with Crippen molar-refractivity contribution in [3.05, 3.63) is 53.6 Å². The molecule has 1 atom stereocenters. The summed E-state index contributed by atoms with van der Waals surface area (Å²) in [6, 6.07) is 5.65. The molecule has 0 saturated heterocycles. The largest absolute Gasteiger partial charge is 0.479 e. The number of likely N-dealkylation sites (N-methyl/N-ethyl adjacent to an activating group) is 1. The van der Waals surface area contributed by atoms with Crippen LogP contribution in [0.25, 0.3) is 5.65 Å². The molecule has 1 aromatic carbocycles. The first-order valence-corrected chi connectivity index (χ1v) is 8.44. The molecule has 0 aliphatic carbocycles. The van der Waals surface area contributed by atoms with E-state index in [0.29, 0.717) is 34.6 Å². The van der Waals surface area contributed by atoms with Crippen molar-refractivity contribution in [2.24, 2.45) is 5.73 Å². The number of carbonyl (C=O) groups is 2. The van der Waals surface area contributed by atoms with Gasteiger partial charge in [-0.25, -0.2) is 13.9 Å². The maximum Gasteiger partial charge on any atom is 0.259 e. The van der Waals surface area contributed by atoms with Gasteiger partial charge in [-0.05, 0) is 31.3 Å². The van der Waals surface area contributed by atoms with Gasteiger partial charge in [0.15, 0.2) is 18.0 Å². The second kappa shape index (κ2) is 8.44. The highest BCUT2D eigenvalue weighted by atomic mass is 19.1. The van der Waals surface area contributed by atoms with E-state index in [2.05, 4.69) is 20.7 Å². The summed E-state index contributed by atoms with van der Waals surface area (Å²) in [5.74, 6) is -0.289. The monoisotopic (exact) mass is 386 g/mol. The van der Waals surface area contributed by atoms with E-state index in [9.17, 15) is 14.0 Å². The first-order chi connectivity index (χ1) is 13.5. The predicted octanol–water partition coefficient (Wildman–Crippen LogP) is 0.745. The second-order valence-corrected chi connectivity index (χ2v) is 5.97. The van der Waals surface area contributed by atoms with Gasteiger partial charge in [-0.1, -0.05) is 0 Å². The highest BCUT2D eigenvalue weighted by molar-refractivity contribution is 5.84. The molecule has 3 aromatic rings. The Morgan fingerprint density at radius 3 is 2.96 bits per heavy atom. The van der Waals surface area contributed by atoms with Crippen molar-refractivity contribution in [2.45, 2.75) is 12.6 Å². The van der Waals surface area contributed by atoms with Crippen molar-refractivity contribution in [3.63, 3.8) is 0 Å². The number of anilines is 1. The highest BCUT2D eigenvalue weighted by Crippen LogP contribution is 2.22. The molecule has 0 aliphatic rings. The van der Waals surface area contributed by atoms with Crippen LogP contribution in [0.2, 0.25) is 0 Å². The lowest BCUT2D eigenvalue weighted by Crippen LogP contribution is -2.41. The Kier molecular flexibility index (Phi) is 5.80. The number of hydrogen-bond donors (Lipinski definition) is 3. The van der Waals surface area contributed by atoms with Gasteiger partial charge >= 0.3 is 0 Å². The molecule has 1 amide bonds. The quantitative estimate of drug-likeness (QED) is 0.464. The van der Waals surface area contributed by atoms with Gasteiger partial charge in [0.1, 0.15) is 17.4 Å². The standard InChI is InChI=1S/C18H19FN6O3/c1-21-9-15(17(20)27)28-14-3-2-13(19)6-11(14)7-22-16-4-5-25-18(24-16)12(10-26)8-23-25/h2-6,8,10,15,21H,7,9H2,1H3,(H2,20,27)(H,22,24). The van der Waals surface area contributed by atoms with Crippen LogP contribution in [0.15, 0.2) is 36.7 Å². The Balaban J connectivity index is 1.81. The third-order valence-electron chi connectivity index (χ3n) is 3.98. The molecule has 4 N–H and O–H groups in total. The summed E-state index contributed by atoms with van der Waals surface area (Å²) < 4.78 is 20.9. The molecule has 0 bridgehead atoms. The minimum atomic E-state index is -0.898. The van der Waals surface area contributed by atoms with Crippen molar-refractivity contribution in [1.82, 2.24) is 19.9 Å². The lowest BCUT2D eigenvalue weighted by molar-refractivity contribution is -0.124. The number of primary amides is 1. The van der Waals surface area contributed by atoms with Crippen molar-refractivity contribution in [3.8, 4) is 5.75 Å². The van der Waals surface area contributed by atoms with Crippen molar-refractivity contribution in [1.29, 1.82) is 0 Å². The van der Waals surface area contributed by atoms with Crippen LogP contribution in [0.1, 0.15) is 15.9 Å². The van der Waals surface area contributed by atoms with Gasteiger partial charge < -0.3 is 21.1 Å². The molecule has 9 nitrogen and oxygen atoms in total. The Hall–Kier alpha value is -3.53. The highest BCUT2D eigenvalue weighted by Gasteiger charge is 2.18. The molecule has 0 fully saturated rings. The van der Waals surface area contributed by atoms with Gasteiger partial charge in [0.05, 0.1) is 11.8 Å². The summed E-state index contributed by atoms with van der Waals surface area (Å²) in [5.41, 5.74) is 6.58. The fourth-order valence-corrected chi connectivity index (χ4v) is 2.59. The van der Waals surface area contributed by atoms with E-state index >= 15 is 0 Å². The van der Waals surface area contributed by atoms with Gasteiger partial charge in [0, 0.05) is 24.8 Å². The number of halogens is 1. The van der Waals surface area contributed by atoms with E-state index < -0.39 is 17.8 Å². The van der Waals surface area contributed by atoms with E-state index in [4.69, 9.17) is 10.5 Å². The van der Waals surface area contributed by atoms with Crippen LogP contribution in [0.4, 0.5) is 10.2 Å². The van der Waals surface area contributed by atoms with Crippen LogP contribution in [-0.4, -0.2) is 46.5 Å². The Morgan fingerprint density at radius 2 is 2.25 bits per heavy atom. The molecule has 1 unspecified atom stereocenters. The molecule has 10 heteroatoms. The summed E-state index contributed by atoms with van der Waals surface area (Å²) in [6.45, 7) is 0.388. The van der Waals surface area contributed by atoms with E-state index in [1.807, 2.05) is 0 Å². The van der Waals surface area contributed by atoms with Gasteiger partial charge in [-0.15, -0.1) is 0 Å². The Morgan fingerprint density at radius 1 is 1.43 bits per heavy atom. The number of nitrogens with one attached hydrogen (secondary N) is 2. The average molecular weight is 386 g/mol. The number of aldehydes is 1. The zero-order chi connectivity index (χ0) is 20.1. The molecule has 0 radical (unpaired) electrons. The summed E-state index contributed by atoms with van der Waals surface area (Å²) >= 11 is 0. The van der Waals surface area contributed by atoms with Crippen LogP contribution >= 0.6 is 0 Å². The normalized spacial score (nSPS) is 11.9. The first kappa shape index (κ1) is 19.2. The molecular weight excluding hydrogens is 367 g/mol. The molecule has 0 aliphatic heterocycles. The zero-order valence-electron chi connectivity index (χ0n) is 15.1. The first-order valence-electron chi connectivity index (χ1n) is 8.44. The minimum Gasteiger partial charge on any atom is -0.479 e. The number of hydrogen-bond acceptors (Lipinski definition) is 7. The Bertz CT molecular complexity index is 1010. The van der Waals surface area contributed by atoms with E-state index in [0.717, 1.165) is 0 Å². The van der Waals surface area contributed by atoms with Crippen molar-refractivity contribution < 1.29 is 18.7 Å². The fraction of sp³-hybridized carbons (Fsp3) is 0.222. The third kappa shape index (κ3) is 4.23. The van der Waals surface area contributed by atoms with Crippen molar-refractivity contribution >= 4 is 23.7 Å². The van der Waals surface area contributed by atoms with Crippen LogP contribution in [0.3, 0.4) is 0 Å². The smallest absolute Gasteiger partial charge is 0.259 e. The Labute approximate surface area is 159 Å². The lowest BCUT2D eigenvalue weighted by atomic mass is 10.2. The maximum absolute atomic E-state index is 13.7. The summed E-state index contributed by atoms with van der Waals surface area (Å²) in [5, 5.41) is 9.89. The van der Waals surface area contributed by atoms with Crippen molar-refractivity contribution in [2.75, 3.05) is 18.9 Å². The molecule has 2 aromatic heterocycles. The summed E-state index contributed by atoms with van der Waals surface area (Å²) in [7, 11) is 1.66. The number of benzene rings is 1. The van der Waals surface area contributed by atoms with Crippen LogP contribution < -0.4 is 21.1 Å². The van der Waals surface area contributed by atoms with E-state index in [-0.39, 0.29) is 13.1 Å². The molecule has 146 valence electrons. The number of nitrogens with zero attached hydrogens (tertiary/aromatic N) is 3. The average Bonchev–Trinajstić information content (AvgIpc) is 3.09. The number of ether oxygens (including phenoxy) is 1. The number of nitrogens with two attached hydrogens (primary N) is 1.